The number of halogens is 1. The van der Waals surface area contributed by atoms with Gasteiger partial charge in [-0.15, -0.1) is 0 Å². The predicted molar refractivity (Wildman–Crippen MR) is 71.9 cm³/mol. The molecule has 4 N–H and O–H groups in total. The van der Waals surface area contributed by atoms with E-state index in [-0.39, 0.29) is 18.8 Å². The molecular formula is C12H16BrNO4. The molecule has 0 fully saturated rings. The van der Waals surface area contributed by atoms with Crippen LogP contribution in [0.3, 0.4) is 0 Å². The summed E-state index contributed by atoms with van der Waals surface area (Å²) in [5.74, 6) is -1.03. The van der Waals surface area contributed by atoms with Crippen molar-refractivity contribution in [2.75, 3.05) is 18.5 Å². The normalized spacial score (nSPS) is 11.3. The minimum absolute atomic E-state index is 0.132. The van der Waals surface area contributed by atoms with Crippen LogP contribution in [0.2, 0.25) is 0 Å². The summed E-state index contributed by atoms with van der Waals surface area (Å²) in [6.45, 7) is 1.35. The minimum atomic E-state index is -1.03. The molecule has 0 radical (unpaired) electrons. The summed E-state index contributed by atoms with van der Waals surface area (Å²) in [5.41, 5.74) is -0.184. The molecule has 0 atom stereocenters. The second-order valence-electron chi connectivity index (χ2n) is 4.11. The molecule has 0 aliphatic carbocycles. The van der Waals surface area contributed by atoms with E-state index in [4.69, 9.17) is 5.11 Å². The highest BCUT2D eigenvalue weighted by Crippen LogP contribution is 2.24. The Balaban J connectivity index is 3.06. The fourth-order valence-corrected chi connectivity index (χ4v) is 2.03. The van der Waals surface area contributed by atoms with Gasteiger partial charge in [-0.3, -0.25) is 0 Å². The van der Waals surface area contributed by atoms with Crippen LogP contribution in [0.15, 0.2) is 22.7 Å². The van der Waals surface area contributed by atoms with Crippen molar-refractivity contribution in [3.8, 4) is 0 Å². The van der Waals surface area contributed by atoms with Gasteiger partial charge in [0.05, 0.1) is 24.3 Å². The fraction of sp³-hybridized carbons (Fsp3) is 0.417. The lowest BCUT2D eigenvalue weighted by molar-refractivity contribution is 0.0697. The van der Waals surface area contributed by atoms with Gasteiger partial charge in [-0.05, 0) is 24.6 Å². The summed E-state index contributed by atoms with van der Waals surface area (Å²) in [5, 5.41) is 30.6. The third-order valence-corrected chi connectivity index (χ3v) is 3.29. The van der Waals surface area contributed by atoms with Gasteiger partial charge in [0, 0.05) is 10.2 Å². The summed E-state index contributed by atoms with van der Waals surface area (Å²) in [6, 6.07) is 4.64. The first-order valence-corrected chi connectivity index (χ1v) is 6.29. The van der Waals surface area contributed by atoms with Crippen molar-refractivity contribution in [1.82, 2.24) is 0 Å². The number of benzene rings is 1. The van der Waals surface area contributed by atoms with Gasteiger partial charge in [-0.25, -0.2) is 4.79 Å². The van der Waals surface area contributed by atoms with E-state index < -0.39 is 11.5 Å². The zero-order chi connectivity index (χ0) is 13.8. The van der Waals surface area contributed by atoms with E-state index in [0.717, 1.165) is 0 Å². The minimum Gasteiger partial charge on any atom is -0.478 e. The summed E-state index contributed by atoms with van der Waals surface area (Å²) >= 11 is 3.23. The maximum Gasteiger partial charge on any atom is 0.335 e. The number of hydrogen-bond donors (Lipinski definition) is 4. The number of anilines is 1. The third-order valence-electron chi connectivity index (χ3n) is 2.84. The van der Waals surface area contributed by atoms with Gasteiger partial charge < -0.3 is 20.6 Å². The van der Waals surface area contributed by atoms with Crippen LogP contribution in [0.5, 0.6) is 0 Å². The van der Waals surface area contributed by atoms with Gasteiger partial charge in [-0.2, -0.15) is 0 Å². The Bertz CT molecular complexity index is 424. The smallest absolute Gasteiger partial charge is 0.335 e. The summed E-state index contributed by atoms with van der Waals surface area (Å²) in [7, 11) is 0. The van der Waals surface area contributed by atoms with Crippen LogP contribution in [0.4, 0.5) is 5.69 Å². The van der Waals surface area contributed by atoms with Gasteiger partial charge >= 0.3 is 5.97 Å². The zero-order valence-corrected chi connectivity index (χ0v) is 11.6. The Labute approximate surface area is 114 Å². The molecule has 1 aromatic carbocycles. The highest BCUT2D eigenvalue weighted by molar-refractivity contribution is 9.10. The molecule has 0 amide bonds. The number of carboxylic acid groups (broad SMARTS) is 1. The van der Waals surface area contributed by atoms with Crippen LogP contribution in [0, 0.1) is 0 Å². The maximum absolute atomic E-state index is 10.9. The van der Waals surface area contributed by atoms with E-state index in [1.54, 1.807) is 6.07 Å². The van der Waals surface area contributed by atoms with E-state index in [2.05, 4.69) is 21.2 Å². The topological polar surface area (TPSA) is 89.8 Å². The quantitative estimate of drug-likeness (QED) is 0.641. The number of nitrogens with one attached hydrogen (secondary N) is 1. The number of carboxylic acids is 1. The van der Waals surface area contributed by atoms with Gasteiger partial charge in [0.1, 0.15) is 0 Å². The molecule has 0 aromatic heterocycles. The molecule has 0 aliphatic heterocycles. The molecule has 5 nitrogen and oxygen atoms in total. The Morgan fingerprint density at radius 2 is 1.94 bits per heavy atom. The highest BCUT2D eigenvalue weighted by Gasteiger charge is 2.26. The molecule has 100 valence electrons. The molecule has 0 saturated carbocycles. The summed E-state index contributed by atoms with van der Waals surface area (Å²) in [4.78, 5) is 10.9. The van der Waals surface area contributed by atoms with E-state index in [1.807, 2.05) is 6.92 Å². The molecule has 1 aromatic rings. The lowest BCUT2D eigenvalue weighted by atomic mass is 9.98. The average Bonchev–Trinajstić information content (AvgIpc) is 2.35. The molecule has 6 heteroatoms. The maximum atomic E-state index is 10.9. The van der Waals surface area contributed by atoms with Crippen molar-refractivity contribution in [1.29, 1.82) is 0 Å². The molecular weight excluding hydrogens is 302 g/mol. The molecule has 0 saturated heterocycles. The molecule has 18 heavy (non-hydrogen) atoms. The zero-order valence-electron chi connectivity index (χ0n) is 9.98. The van der Waals surface area contributed by atoms with Crippen LogP contribution < -0.4 is 5.32 Å². The van der Waals surface area contributed by atoms with Crippen LogP contribution in [-0.2, 0) is 0 Å². The molecule has 0 spiro atoms. The highest BCUT2D eigenvalue weighted by atomic mass is 79.9. The largest absolute Gasteiger partial charge is 0.478 e. The van der Waals surface area contributed by atoms with E-state index >= 15 is 0 Å². The van der Waals surface area contributed by atoms with Gasteiger partial charge in [-0.1, -0.05) is 22.9 Å². The number of aromatic carboxylic acids is 1. The first-order chi connectivity index (χ1) is 8.46. The molecule has 0 unspecified atom stereocenters. The first kappa shape index (κ1) is 14.9. The van der Waals surface area contributed by atoms with Gasteiger partial charge in [0.15, 0.2) is 0 Å². The predicted octanol–water partition coefficient (Wildman–Crippen LogP) is 1.69. The SMILES string of the molecule is CCC(CO)(CO)Nc1cc(Br)cc(C(=O)O)c1. The Morgan fingerprint density at radius 1 is 1.33 bits per heavy atom. The van der Waals surface area contributed by atoms with E-state index in [1.165, 1.54) is 12.1 Å². The average molecular weight is 318 g/mol. The molecule has 1 rings (SSSR count). The Kier molecular flexibility index (Phi) is 5.13. The number of aliphatic hydroxyl groups excluding tert-OH is 2. The van der Waals surface area contributed by atoms with Crippen LogP contribution in [0.25, 0.3) is 0 Å². The van der Waals surface area contributed by atoms with Crippen molar-refractivity contribution in [2.24, 2.45) is 0 Å². The molecule has 0 heterocycles. The fourth-order valence-electron chi connectivity index (χ4n) is 1.53. The van der Waals surface area contributed by atoms with Gasteiger partial charge in [0.2, 0.25) is 0 Å². The lowest BCUT2D eigenvalue weighted by Crippen LogP contribution is -2.45. The summed E-state index contributed by atoms with van der Waals surface area (Å²) < 4.78 is 0.616. The van der Waals surface area contributed by atoms with E-state index in [0.29, 0.717) is 16.6 Å². The van der Waals surface area contributed by atoms with Crippen molar-refractivity contribution < 1.29 is 20.1 Å². The first-order valence-electron chi connectivity index (χ1n) is 5.50. The van der Waals surface area contributed by atoms with E-state index in [9.17, 15) is 15.0 Å². The Hall–Kier alpha value is -1.11. The number of hydrogen-bond acceptors (Lipinski definition) is 4. The molecule has 0 aliphatic rings. The van der Waals surface area contributed by atoms with Crippen LogP contribution in [0.1, 0.15) is 23.7 Å². The van der Waals surface area contributed by atoms with Crippen molar-refractivity contribution >= 4 is 27.6 Å². The van der Waals surface area contributed by atoms with Crippen molar-refractivity contribution in [2.45, 2.75) is 18.9 Å². The number of carbonyl (C=O) groups is 1. The second kappa shape index (κ2) is 6.17. The van der Waals surface area contributed by atoms with Crippen LogP contribution >= 0.6 is 15.9 Å². The van der Waals surface area contributed by atoms with Crippen LogP contribution in [-0.4, -0.2) is 40.0 Å². The van der Waals surface area contributed by atoms with Gasteiger partial charge in [0.25, 0.3) is 0 Å². The second-order valence-corrected chi connectivity index (χ2v) is 5.02. The Morgan fingerprint density at radius 3 is 2.39 bits per heavy atom. The lowest BCUT2D eigenvalue weighted by Gasteiger charge is -2.31. The molecule has 0 bridgehead atoms. The monoisotopic (exact) mass is 317 g/mol. The summed E-state index contributed by atoms with van der Waals surface area (Å²) in [6.07, 6.45) is 0.509. The number of rotatable bonds is 6. The number of aliphatic hydroxyl groups is 2. The standard InChI is InChI=1S/C12H16BrNO4/c1-2-12(6-15,7-16)14-10-4-8(11(17)18)3-9(13)5-10/h3-5,14-16H,2,6-7H2,1H3,(H,17,18). The van der Waals surface area contributed by atoms with Crippen molar-refractivity contribution in [3.63, 3.8) is 0 Å². The van der Waals surface area contributed by atoms with Crippen molar-refractivity contribution in [3.05, 3.63) is 28.2 Å². The third kappa shape index (κ3) is 3.44.